The van der Waals surface area contributed by atoms with E-state index in [-0.39, 0.29) is 29.5 Å². The molecule has 0 unspecified atom stereocenters. The SMILES string of the molecule is Cc1cccc(CNC(=O)n2nc(-c3cc(NC(=O)C(C)C)ccc3O)cc2C2CCCC2)c1. The number of hydrogen-bond acceptors (Lipinski definition) is 4. The first-order valence-electron chi connectivity index (χ1n) is 11.9. The van der Waals surface area contributed by atoms with Gasteiger partial charge in [-0.2, -0.15) is 9.78 Å². The van der Waals surface area contributed by atoms with Crippen LogP contribution in [-0.2, 0) is 11.3 Å². The Kier molecular flexibility index (Phi) is 7.01. The van der Waals surface area contributed by atoms with Gasteiger partial charge in [0.05, 0.1) is 11.4 Å². The van der Waals surface area contributed by atoms with Crippen molar-refractivity contribution in [3.63, 3.8) is 0 Å². The van der Waals surface area contributed by atoms with Crippen LogP contribution in [0, 0.1) is 12.8 Å². The quantitative estimate of drug-likeness (QED) is 0.419. The highest BCUT2D eigenvalue weighted by atomic mass is 16.3. The van der Waals surface area contributed by atoms with Gasteiger partial charge in [0.1, 0.15) is 5.75 Å². The number of carbonyl (C=O) groups excluding carboxylic acids is 2. The van der Waals surface area contributed by atoms with Crippen LogP contribution in [0.5, 0.6) is 5.75 Å². The summed E-state index contributed by atoms with van der Waals surface area (Å²) < 4.78 is 1.44. The summed E-state index contributed by atoms with van der Waals surface area (Å²) in [6.45, 7) is 6.07. The lowest BCUT2D eigenvalue weighted by molar-refractivity contribution is -0.118. The van der Waals surface area contributed by atoms with Gasteiger partial charge in [0, 0.05) is 29.6 Å². The maximum atomic E-state index is 13.2. The van der Waals surface area contributed by atoms with E-state index in [1.807, 2.05) is 51.1 Å². The molecule has 7 nitrogen and oxygen atoms in total. The lowest BCUT2D eigenvalue weighted by Gasteiger charge is -2.12. The van der Waals surface area contributed by atoms with Gasteiger partial charge in [-0.1, -0.05) is 56.5 Å². The second-order valence-electron chi connectivity index (χ2n) is 9.37. The summed E-state index contributed by atoms with van der Waals surface area (Å²) in [5, 5.41) is 21.0. The lowest BCUT2D eigenvalue weighted by atomic mass is 10.0. The van der Waals surface area contributed by atoms with Gasteiger partial charge in [0.2, 0.25) is 5.91 Å². The predicted octanol–water partition coefficient (Wildman–Crippen LogP) is 5.57. The number of nitrogens with zero attached hydrogens (tertiary/aromatic N) is 2. The molecule has 1 aromatic heterocycles. The standard InChI is InChI=1S/C27H32N4O3/c1-17(2)26(33)29-21-11-12-25(32)22(14-21)23-15-24(20-9-4-5-10-20)31(30-23)27(34)28-16-19-8-6-7-18(3)13-19/h6-8,11-15,17,20,32H,4-5,9-10,16H2,1-3H3,(H,28,34)(H,29,33). The van der Waals surface area contributed by atoms with Crippen molar-refractivity contribution in [1.29, 1.82) is 0 Å². The van der Waals surface area contributed by atoms with E-state index in [2.05, 4.69) is 15.7 Å². The van der Waals surface area contributed by atoms with Crippen LogP contribution in [0.4, 0.5) is 10.5 Å². The molecular weight excluding hydrogens is 428 g/mol. The third kappa shape index (κ3) is 5.30. The van der Waals surface area contributed by atoms with E-state index in [0.29, 0.717) is 23.5 Å². The van der Waals surface area contributed by atoms with Crippen molar-refractivity contribution in [2.24, 2.45) is 5.92 Å². The molecule has 34 heavy (non-hydrogen) atoms. The first-order chi connectivity index (χ1) is 16.3. The number of phenols is 1. The average Bonchev–Trinajstić information content (AvgIpc) is 3.49. The first-order valence-corrected chi connectivity index (χ1v) is 11.9. The molecule has 1 aliphatic rings. The van der Waals surface area contributed by atoms with E-state index in [1.165, 1.54) is 10.7 Å². The Labute approximate surface area is 200 Å². The van der Waals surface area contributed by atoms with E-state index in [0.717, 1.165) is 42.5 Å². The van der Waals surface area contributed by atoms with Crippen LogP contribution in [0.1, 0.15) is 62.3 Å². The van der Waals surface area contributed by atoms with Crippen molar-refractivity contribution in [3.05, 3.63) is 65.4 Å². The zero-order valence-electron chi connectivity index (χ0n) is 20.0. The summed E-state index contributed by atoms with van der Waals surface area (Å²) >= 11 is 0. The topological polar surface area (TPSA) is 96.3 Å². The smallest absolute Gasteiger partial charge is 0.342 e. The van der Waals surface area contributed by atoms with Crippen molar-refractivity contribution < 1.29 is 14.7 Å². The van der Waals surface area contributed by atoms with Crippen molar-refractivity contribution in [1.82, 2.24) is 15.1 Å². The molecule has 1 saturated carbocycles. The molecule has 0 radical (unpaired) electrons. The van der Waals surface area contributed by atoms with Gasteiger partial charge in [-0.15, -0.1) is 0 Å². The van der Waals surface area contributed by atoms with E-state index in [4.69, 9.17) is 0 Å². The zero-order valence-corrected chi connectivity index (χ0v) is 20.0. The number of amides is 2. The molecule has 3 N–H and O–H groups in total. The van der Waals surface area contributed by atoms with Gasteiger partial charge >= 0.3 is 6.03 Å². The van der Waals surface area contributed by atoms with Gasteiger partial charge in [-0.25, -0.2) is 4.79 Å². The largest absolute Gasteiger partial charge is 0.507 e. The van der Waals surface area contributed by atoms with Crippen LogP contribution >= 0.6 is 0 Å². The second kappa shape index (κ2) is 10.1. The molecule has 1 aliphatic carbocycles. The van der Waals surface area contributed by atoms with Crippen LogP contribution < -0.4 is 10.6 Å². The minimum atomic E-state index is -0.293. The van der Waals surface area contributed by atoms with Gasteiger partial charge in [-0.05, 0) is 49.6 Å². The molecule has 0 saturated heterocycles. The van der Waals surface area contributed by atoms with Gasteiger partial charge in [0.25, 0.3) is 0 Å². The number of phenolic OH excluding ortho intramolecular Hbond substituents is 1. The summed E-state index contributed by atoms with van der Waals surface area (Å²) in [5.74, 6) is 0.0224. The molecule has 7 heteroatoms. The van der Waals surface area contributed by atoms with Gasteiger partial charge in [-0.3, -0.25) is 4.79 Å². The minimum Gasteiger partial charge on any atom is -0.507 e. The normalized spacial score (nSPS) is 13.9. The van der Waals surface area contributed by atoms with Crippen molar-refractivity contribution in [2.75, 3.05) is 5.32 Å². The number of hydrogen-bond donors (Lipinski definition) is 3. The highest BCUT2D eigenvalue weighted by Crippen LogP contribution is 2.38. The molecule has 0 spiro atoms. The second-order valence-corrected chi connectivity index (χ2v) is 9.37. The zero-order chi connectivity index (χ0) is 24.2. The molecule has 1 heterocycles. The fraction of sp³-hybridized carbons (Fsp3) is 0.370. The van der Waals surface area contributed by atoms with Crippen LogP contribution in [-0.4, -0.2) is 26.8 Å². The van der Waals surface area contributed by atoms with E-state index >= 15 is 0 Å². The van der Waals surface area contributed by atoms with Crippen LogP contribution in [0.3, 0.4) is 0 Å². The van der Waals surface area contributed by atoms with E-state index < -0.39 is 0 Å². The molecule has 0 atom stereocenters. The number of carbonyl (C=O) groups is 2. The number of benzene rings is 2. The first kappa shape index (κ1) is 23.5. The molecule has 0 bridgehead atoms. The number of nitrogens with one attached hydrogen (secondary N) is 2. The third-order valence-electron chi connectivity index (χ3n) is 6.29. The Morgan fingerprint density at radius 1 is 1.12 bits per heavy atom. The Hall–Kier alpha value is -3.61. The predicted molar refractivity (Wildman–Crippen MR) is 133 cm³/mol. The van der Waals surface area contributed by atoms with E-state index in [9.17, 15) is 14.7 Å². The van der Waals surface area contributed by atoms with E-state index in [1.54, 1.807) is 12.1 Å². The number of aromatic hydroxyl groups is 1. The molecule has 2 amide bonds. The Morgan fingerprint density at radius 3 is 2.59 bits per heavy atom. The maximum absolute atomic E-state index is 13.2. The average molecular weight is 461 g/mol. The van der Waals surface area contributed by atoms with Crippen molar-refractivity contribution >= 4 is 17.6 Å². The van der Waals surface area contributed by atoms with Crippen LogP contribution in [0.2, 0.25) is 0 Å². The molecule has 178 valence electrons. The number of rotatable bonds is 6. The summed E-state index contributed by atoms with van der Waals surface area (Å²) in [6.07, 6.45) is 4.26. The summed E-state index contributed by atoms with van der Waals surface area (Å²) in [6, 6.07) is 14.5. The Bertz CT molecular complexity index is 1190. The van der Waals surface area contributed by atoms with Crippen LogP contribution in [0.25, 0.3) is 11.3 Å². The molecule has 0 aliphatic heterocycles. The monoisotopic (exact) mass is 460 g/mol. The van der Waals surface area contributed by atoms with Crippen molar-refractivity contribution in [3.8, 4) is 17.0 Å². The number of aromatic nitrogens is 2. The number of aryl methyl sites for hydroxylation is 1. The lowest BCUT2D eigenvalue weighted by Crippen LogP contribution is -2.30. The Balaban J connectivity index is 1.63. The highest BCUT2D eigenvalue weighted by Gasteiger charge is 2.26. The highest BCUT2D eigenvalue weighted by molar-refractivity contribution is 5.93. The molecular formula is C27H32N4O3. The fourth-order valence-electron chi connectivity index (χ4n) is 4.38. The summed E-state index contributed by atoms with van der Waals surface area (Å²) in [7, 11) is 0. The molecule has 4 rings (SSSR count). The molecule has 2 aromatic carbocycles. The molecule has 1 fully saturated rings. The van der Waals surface area contributed by atoms with Crippen molar-refractivity contribution in [2.45, 2.75) is 58.9 Å². The third-order valence-corrected chi connectivity index (χ3v) is 6.29. The minimum absolute atomic E-state index is 0.0466. The van der Waals surface area contributed by atoms with Gasteiger partial charge in [0.15, 0.2) is 0 Å². The maximum Gasteiger partial charge on any atom is 0.342 e. The van der Waals surface area contributed by atoms with Gasteiger partial charge < -0.3 is 15.7 Å². The number of anilines is 1. The summed E-state index contributed by atoms with van der Waals surface area (Å²) in [5.41, 5.74) is 4.57. The van der Waals surface area contributed by atoms with Crippen LogP contribution in [0.15, 0.2) is 48.5 Å². The molecule has 3 aromatic rings. The summed E-state index contributed by atoms with van der Waals surface area (Å²) in [4.78, 5) is 25.3. The Morgan fingerprint density at radius 2 is 1.88 bits per heavy atom. The fourth-order valence-corrected chi connectivity index (χ4v) is 4.38.